The van der Waals surface area contributed by atoms with Crippen molar-refractivity contribution in [3.8, 4) is 11.6 Å². The smallest absolute Gasteiger partial charge is 0.228 e. The Balaban J connectivity index is 2.44. The molecule has 0 amide bonds. The summed E-state index contributed by atoms with van der Waals surface area (Å²) in [6.07, 6.45) is 1.30. The average Bonchev–Trinajstić information content (AvgIpc) is 2.33. The Morgan fingerprint density at radius 1 is 1.32 bits per heavy atom. The van der Waals surface area contributed by atoms with E-state index in [1.807, 2.05) is 13.8 Å². The van der Waals surface area contributed by atoms with Gasteiger partial charge in [0.05, 0.1) is 5.56 Å². The van der Waals surface area contributed by atoms with Crippen LogP contribution in [0.1, 0.15) is 25.3 Å². The third-order valence-electron chi connectivity index (χ3n) is 2.56. The lowest BCUT2D eigenvalue weighted by Gasteiger charge is -2.14. The number of ether oxygens (including phenoxy) is 1. The first-order chi connectivity index (χ1) is 8.99. The molecule has 1 aromatic heterocycles. The number of nitrogen functional groups attached to an aromatic ring is 1. The van der Waals surface area contributed by atoms with Gasteiger partial charge in [0, 0.05) is 4.47 Å². The lowest BCUT2D eigenvalue weighted by atomic mass is 10.1. The van der Waals surface area contributed by atoms with Crippen LogP contribution in [0.2, 0.25) is 0 Å². The second kappa shape index (κ2) is 5.52. The zero-order chi connectivity index (χ0) is 14.0. The van der Waals surface area contributed by atoms with Gasteiger partial charge in [-0.05, 0) is 24.1 Å². The number of anilines is 1. The summed E-state index contributed by atoms with van der Waals surface area (Å²) in [7, 11) is 0. The molecule has 0 saturated carbocycles. The molecule has 6 heteroatoms. The maximum Gasteiger partial charge on any atom is 0.228 e. The van der Waals surface area contributed by atoms with E-state index in [1.165, 1.54) is 18.5 Å². The molecule has 2 rings (SSSR count). The van der Waals surface area contributed by atoms with Crippen molar-refractivity contribution in [3.63, 3.8) is 0 Å². The molecule has 0 aliphatic heterocycles. The number of hydrogen-bond donors (Lipinski definition) is 1. The standard InChI is InChI=1S/C13H13BrFN3O/c1-7(2)11-12(16)17-6-18-13(11)19-10-5-8(14)3-4-9(10)15/h3-7H,1-2H3,(H2,16,17,18). The molecule has 0 spiro atoms. The summed E-state index contributed by atoms with van der Waals surface area (Å²) in [5.41, 5.74) is 6.48. The van der Waals surface area contributed by atoms with E-state index in [-0.39, 0.29) is 17.5 Å². The Labute approximate surface area is 119 Å². The van der Waals surface area contributed by atoms with E-state index in [4.69, 9.17) is 10.5 Å². The van der Waals surface area contributed by atoms with Gasteiger partial charge in [0.1, 0.15) is 12.1 Å². The minimum Gasteiger partial charge on any atom is -0.435 e. The van der Waals surface area contributed by atoms with Crippen LogP contribution in [0.4, 0.5) is 10.2 Å². The molecule has 0 unspecified atom stereocenters. The van der Waals surface area contributed by atoms with Gasteiger partial charge in [0.25, 0.3) is 0 Å². The molecule has 0 aliphatic carbocycles. The lowest BCUT2D eigenvalue weighted by molar-refractivity contribution is 0.419. The first-order valence-corrected chi connectivity index (χ1v) is 6.51. The van der Waals surface area contributed by atoms with E-state index in [0.29, 0.717) is 11.4 Å². The van der Waals surface area contributed by atoms with Crippen LogP contribution in [-0.2, 0) is 0 Å². The lowest BCUT2D eigenvalue weighted by Crippen LogP contribution is -2.04. The quantitative estimate of drug-likeness (QED) is 0.930. The van der Waals surface area contributed by atoms with Crippen molar-refractivity contribution in [2.24, 2.45) is 0 Å². The fourth-order valence-electron chi connectivity index (χ4n) is 1.68. The molecule has 1 heterocycles. The zero-order valence-electron chi connectivity index (χ0n) is 10.5. The Morgan fingerprint density at radius 3 is 2.74 bits per heavy atom. The summed E-state index contributed by atoms with van der Waals surface area (Å²) < 4.78 is 19.9. The van der Waals surface area contributed by atoms with Gasteiger partial charge in [-0.3, -0.25) is 0 Å². The Morgan fingerprint density at radius 2 is 2.05 bits per heavy atom. The maximum atomic E-state index is 13.7. The van der Waals surface area contributed by atoms with Crippen LogP contribution in [0.15, 0.2) is 29.0 Å². The van der Waals surface area contributed by atoms with Crippen LogP contribution in [0.5, 0.6) is 11.6 Å². The summed E-state index contributed by atoms with van der Waals surface area (Å²) in [5, 5.41) is 0. The molecule has 0 radical (unpaired) electrons. The summed E-state index contributed by atoms with van der Waals surface area (Å²) in [5.74, 6) is 0.325. The van der Waals surface area contributed by atoms with Crippen molar-refractivity contribution in [2.45, 2.75) is 19.8 Å². The van der Waals surface area contributed by atoms with Crippen molar-refractivity contribution < 1.29 is 9.13 Å². The molecule has 2 N–H and O–H groups in total. The van der Waals surface area contributed by atoms with E-state index >= 15 is 0 Å². The summed E-state index contributed by atoms with van der Waals surface area (Å²) in [6.45, 7) is 3.89. The molecular formula is C13H13BrFN3O. The van der Waals surface area contributed by atoms with Crippen molar-refractivity contribution in [1.82, 2.24) is 9.97 Å². The summed E-state index contributed by atoms with van der Waals surface area (Å²) >= 11 is 3.27. The van der Waals surface area contributed by atoms with Crippen molar-refractivity contribution in [2.75, 3.05) is 5.73 Å². The molecule has 0 saturated heterocycles. The van der Waals surface area contributed by atoms with E-state index in [9.17, 15) is 4.39 Å². The number of aromatic nitrogens is 2. The monoisotopic (exact) mass is 325 g/mol. The summed E-state index contributed by atoms with van der Waals surface area (Å²) in [4.78, 5) is 7.96. The molecule has 2 aromatic rings. The minimum atomic E-state index is -0.463. The minimum absolute atomic E-state index is 0.0754. The van der Waals surface area contributed by atoms with Crippen molar-refractivity contribution in [3.05, 3.63) is 40.4 Å². The first-order valence-electron chi connectivity index (χ1n) is 5.72. The molecular weight excluding hydrogens is 313 g/mol. The molecule has 4 nitrogen and oxygen atoms in total. The zero-order valence-corrected chi connectivity index (χ0v) is 12.1. The molecule has 0 bridgehead atoms. The molecule has 0 fully saturated rings. The van der Waals surface area contributed by atoms with Gasteiger partial charge < -0.3 is 10.5 Å². The third-order valence-corrected chi connectivity index (χ3v) is 3.05. The Kier molecular flexibility index (Phi) is 3.99. The average molecular weight is 326 g/mol. The number of hydrogen-bond acceptors (Lipinski definition) is 4. The normalized spacial score (nSPS) is 10.8. The Hall–Kier alpha value is -1.69. The van der Waals surface area contributed by atoms with Crippen molar-refractivity contribution >= 4 is 21.7 Å². The van der Waals surface area contributed by atoms with Crippen LogP contribution in [0.25, 0.3) is 0 Å². The van der Waals surface area contributed by atoms with Gasteiger partial charge in [0.2, 0.25) is 5.88 Å². The summed E-state index contributed by atoms with van der Waals surface area (Å²) in [6, 6.07) is 4.45. The van der Waals surface area contributed by atoms with E-state index in [0.717, 1.165) is 4.47 Å². The Bertz CT molecular complexity index is 604. The topological polar surface area (TPSA) is 61.0 Å². The predicted molar refractivity (Wildman–Crippen MR) is 74.7 cm³/mol. The van der Waals surface area contributed by atoms with Gasteiger partial charge in [-0.25, -0.2) is 14.4 Å². The van der Waals surface area contributed by atoms with E-state index in [1.54, 1.807) is 6.07 Å². The highest BCUT2D eigenvalue weighted by atomic mass is 79.9. The third kappa shape index (κ3) is 3.01. The fourth-order valence-corrected chi connectivity index (χ4v) is 2.02. The molecule has 100 valence electrons. The van der Waals surface area contributed by atoms with Gasteiger partial charge in [-0.1, -0.05) is 29.8 Å². The van der Waals surface area contributed by atoms with Gasteiger partial charge in [-0.2, -0.15) is 0 Å². The fraction of sp³-hybridized carbons (Fsp3) is 0.231. The van der Waals surface area contributed by atoms with Gasteiger partial charge in [-0.15, -0.1) is 0 Å². The first kappa shape index (κ1) is 13.7. The molecule has 1 aromatic carbocycles. The van der Waals surface area contributed by atoms with Crippen LogP contribution in [0.3, 0.4) is 0 Å². The number of benzene rings is 1. The highest BCUT2D eigenvalue weighted by molar-refractivity contribution is 9.10. The van der Waals surface area contributed by atoms with E-state index in [2.05, 4.69) is 25.9 Å². The highest BCUT2D eigenvalue weighted by Gasteiger charge is 2.16. The van der Waals surface area contributed by atoms with Crippen molar-refractivity contribution in [1.29, 1.82) is 0 Å². The van der Waals surface area contributed by atoms with Crippen LogP contribution >= 0.6 is 15.9 Å². The SMILES string of the molecule is CC(C)c1c(N)ncnc1Oc1cc(Br)ccc1F. The highest BCUT2D eigenvalue weighted by Crippen LogP contribution is 2.33. The van der Waals surface area contributed by atoms with Crippen LogP contribution < -0.4 is 10.5 Å². The second-order valence-electron chi connectivity index (χ2n) is 4.31. The number of nitrogens with two attached hydrogens (primary N) is 1. The number of halogens is 2. The van der Waals surface area contributed by atoms with Crippen LogP contribution in [0, 0.1) is 5.82 Å². The number of nitrogens with zero attached hydrogens (tertiary/aromatic N) is 2. The predicted octanol–water partition coefficient (Wildman–Crippen LogP) is 3.88. The molecule has 0 aliphatic rings. The second-order valence-corrected chi connectivity index (χ2v) is 5.22. The largest absolute Gasteiger partial charge is 0.435 e. The maximum absolute atomic E-state index is 13.7. The number of rotatable bonds is 3. The molecule has 19 heavy (non-hydrogen) atoms. The van der Waals surface area contributed by atoms with Gasteiger partial charge in [0.15, 0.2) is 11.6 Å². The van der Waals surface area contributed by atoms with Gasteiger partial charge >= 0.3 is 0 Å². The van der Waals surface area contributed by atoms with E-state index < -0.39 is 5.82 Å². The van der Waals surface area contributed by atoms with Crippen LogP contribution in [-0.4, -0.2) is 9.97 Å². The molecule has 0 atom stereocenters.